The van der Waals surface area contributed by atoms with Gasteiger partial charge in [-0.25, -0.2) is 4.39 Å². The first kappa shape index (κ1) is 14.5. The van der Waals surface area contributed by atoms with Crippen LogP contribution in [0.15, 0.2) is 35.7 Å². The van der Waals surface area contributed by atoms with E-state index in [4.69, 9.17) is 0 Å². The van der Waals surface area contributed by atoms with Crippen molar-refractivity contribution in [1.82, 2.24) is 0 Å². The highest BCUT2D eigenvalue weighted by Gasteiger charge is 2.15. The van der Waals surface area contributed by atoms with Crippen LogP contribution in [-0.2, 0) is 11.9 Å². The first-order valence-electron chi connectivity index (χ1n) is 6.25. The van der Waals surface area contributed by atoms with Gasteiger partial charge in [0, 0.05) is 21.9 Å². The van der Waals surface area contributed by atoms with E-state index in [0.717, 1.165) is 17.8 Å². The first-order chi connectivity index (χ1) is 9.11. The molecule has 0 aliphatic rings. The molecule has 0 N–H and O–H groups in total. The van der Waals surface area contributed by atoms with Gasteiger partial charge in [-0.1, -0.05) is 22.0 Å². The Hall–Kier alpha value is -0.870. The Bertz CT molecular complexity index is 525. The molecule has 0 amide bonds. The van der Waals surface area contributed by atoms with E-state index in [2.05, 4.69) is 52.2 Å². The van der Waals surface area contributed by atoms with Crippen LogP contribution in [0, 0.1) is 5.82 Å². The summed E-state index contributed by atoms with van der Waals surface area (Å²) in [4.78, 5) is 3.63. The maximum Gasteiger partial charge on any atom is 0.123 e. The van der Waals surface area contributed by atoms with Crippen LogP contribution in [0.5, 0.6) is 0 Å². The quantitative estimate of drug-likeness (QED) is 0.676. The minimum Gasteiger partial charge on any atom is -0.364 e. The molecule has 0 aliphatic heterocycles. The van der Waals surface area contributed by atoms with Crippen molar-refractivity contribution in [3.8, 4) is 0 Å². The van der Waals surface area contributed by atoms with Crippen LogP contribution in [0.4, 0.5) is 10.1 Å². The van der Waals surface area contributed by atoms with Crippen LogP contribution in [-0.4, -0.2) is 6.04 Å². The zero-order chi connectivity index (χ0) is 13.8. The van der Waals surface area contributed by atoms with Crippen LogP contribution >= 0.6 is 27.3 Å². The van der Waals surface area contributed by atoms with E-state index < -0.39 is 0 Å². The van der Waals surface area contributed by atoms with Crippen molar-refractivity contribution < 1.29 is 4.39 Å². The standard InChI is InChI=1S/C15H17BrFNS/c1-11(2)18(10-14-4-3-7-19-14)15-6-5-13(17)8-12(15)9-16/h3-8,11H,9-10H2,1-2H3. The molecule has 0 atom stereocenters. The van der Waals surface area contributed by atoms with Gasteiger partial charge in [-0.2, -0.15) is 0 Å². The molecule has 0 radical (unpaired) electrons. The van der Waals surface area contributed by atoms with Crippen LogP contribution in [0.3, 0.4) is 0 Å². The molecule has 2 aromatic rings. The van der Waals surface area contributed by atoms with Crippen molar-refractivity contribution in [2.45, 2.75) is 31.8 Å². The number of rotatable bonds is 5. The Balaban J connectivity index is 2.33. The lowest BCUT2D eigenvalue weighted by atomic mass is 10.1. The van der Waals surface area contributed by atoms with Gasteiger partial charge in [0.15, 0.2) is 0 Å². The second kappa shape index (κ2) is 6.53. The summed E-state index contributed by atoms with van der Waals surface area (Å²) >= 11 is 5.20. The average Bonchev–Trinajstić information content (AvgIpc) is 2.89. The second-order valence-electron chi connectivity index (χ2n) is 4.71. The maximum absolute atomic E-state index is 13.3. The van der Waals surface area contributed by atoms with Crippen molar-refractivity contribution in [2.75, 3.05) is 4.90 Å². The van der Waals surface area contributed by atoms with Gasteiger partial charge in [0.2, 0.25) is 0 Å². The number of anilines is 1. The van der Waals surface area contributed by atoms with E-state index >= 15 is 0 Å². The van der Waals surface area contributed by atoms with Gasteiger partial charge in [0.25, 0.3) is 0 Å². The van der Waals surface area contributed by atoms with Crippen LogP contribution < -0.4 is 4.90 Å². The Morgan fingerprint density at radius 2 is 2.11 bits per heavy atom. The van der Waals surface area contributed by atoms with Crippen molar-refractivity contribution in [3.63, 3.8) is 0 Å². The fourth-order valence-electron chi connectivity index (χ4n) is 2.06. The van der Waals surface area contributed by atoms with Gasteiger partial charge < -0.3 is 4.90 Å². The highest BCUT2D eigenvalue weighted by Crippen LogP contribution is 2.28. The van der Waals surface area contributed by atoms with Gasteiger partial charge >= 0.3 is 0 Å². The summed E-state index contributed by atoms with van der Waals surface area (Å²) < 4.78 is 13.3. The number of hydrogen-bond acceptors (Lipinski definition) is 2. The molecular weight excluding hydrogens is 325 g/mol. The summed E-state index contributed by atoms with van der Waals surface area (Å²) in [5, 5.41) is 2.75. The van der Waals surface area contributed by atoms with Crippen LogP contribution in [0.25, 0.3) is 0 Å². The molecule has 0 unspecified atom stereocenters. The molecule has 19 heavy (non-hydrogen) atoms. The predicted molar refractivity (Wildman–Crippen MR) is 84.7 cm³/mol. The van der Waals surface area contributed by atoms with Crippen molar-refractivity contribution in [1.29, 1.82) is 0 Å². The molecule has 2 rings (SSSR count). The smallest absolute Gasteiger partial charge is 0.123 e. The van der Waals surface area contributed by atoms with Crippen LogP contribution in [0.1, 0.15) is 24.3 Å². The van der Waals surface area contributed by atoms with E-state index in [0.29, 0.717) is 11.4 Å². The van der Waals surface area contributed by atoms with Crippen molar-refractivity contribution in [3.05, 3.63) is 52.0 Å². The monoisotopic (exact) mass is 341 g/mol. The molecule has 1 nitrogen and oxygen atoms in total. The summed E-state index contributed by atoms with van der Waals surface area (Å²) in [6, 6.07) is 9.58. The highest BCUT2D eigenvalue weighted by atomic mass is 79.9. The summed E-state index contributed by atoms with van der Waals surface area (Å²) in [6.45, 7) is 5.19. The minimum absolute atomic E-state index is 0.182. The molecule has 0 fully saturated rings. The maximum atomic E-state index is 13.3. The molecule has 0 saturated carbocycles. The summed E-state index contributed by atoms with van der Waals surface area (Å²) in [5.41, 5.74) is 2.09. The Labute approximate surface area is 126 Å². The average molecular weight is 342 g/mol. The van der Waals surface area contributed by atoms with Crippen molar-refractivity contribution >= 4 is 33.0 Å². The van der Waals surface area contributed by atoms with E-state index in [-0.39, 0.29) is 5.82 Å². The lowest BCUT2D eigenvalue weighted by molar-refractivity contribution is 0.624. The summed E-state index contributed by atoms with van der Waals surface area (Å²) in [7, 11) is 0. The normalized spacial score (nSPS) is 11.0. The molecule has 1 aromatic carbocycles. The van der Waals surface area contributed by atoms with E-state index in [1.165, 1.54) is 10.9 Å². The van der Waals surface area contributed by atoms with Gasteiger partial charge in [-0.05, 0) is 49.1 Å². The van der Waals surface area contributed by atoms with Gasteiger partial charge in [0.1, 0.15) is 5.82 Å². The van der Waals surface area contributed by atoms with Gasteiger partial charge in [-0.15, -0.1) is 11.3 Å². The number of halogens is 2. The molecule has 0 saturated heterocycles. The minimum atomic E-state index is -0.182. The summed E-state index contributed by atoms with van der Waals surface area (Å²) in [6.07, 6.45) is 0. The molecule has 102 valence electrons. The Morgan fingerprint density at radius 1 is 1.32 bits per heavy atom. The Morgan fingerprint density at radius 3 is 2.68 bits per heavy atom. The molecule has 1 heterocycles. The molecule has 0 spiro atoms. The topological polar surface area (TPSA) is 3.24 Å². The third-order valence-electron chi connectivity index (χ3n) is 3.02. The fourth-order valence-corrected chi connectivity index (χ4v) is 3.21. The number of hydrogen-bond donors (Lipinski definition) is 0. The van der Waals surface area contributed by atoms with Gasteiger partial charge in [0.05, 0.1) is 6.54 Å². The lowest BCUT2D eigenvalue weighted by Crippen LogP contribution is -2.30. The fraction of sp³-hybridized carbons (Fsp3) is 0.333. The summed E-state index contributed by atoms with van der Waals surface area (Å²) in [5.74, 6) is -0.182. The predicted octanol–water partition coefficient (Wildman–Crippen LogP) is 5.20. The molecular formula is C15H17BrFNS. The van der Waals surface area contributed by atoms with Crippen molar-refractivity contribution in [2.24, 2.45) is 0 Å². The molecule has 0 aliphatic carbocycles. The SMILES string of the molecule is CC(C)N(Cc1cccs1)c1ccc(F)cc1CBr. The first-order valence-corrected chi connectivity index (χ1v) is 8.25. The number of nitrogens with zero attached hydrogens (tertiary/aromatic N) is 1. The zero-order valence-electron chi connectivity index (χ0n) is 11.1. The number of benzene rings is 1. The number of alkyl halides is 1. The zero-order valence-corrected chi connectivity index (χ0v) is 13.5. The third-order valence-corrected chi connectivity index (χ3v) is 4.49. The van der Waals surface area contributed by atoms with Gasteiger partial charge in [-0.3, -0.25) is 0 Å². The second-order valence-corrected chi connectivity index (χ2v) is 6.30. The molecule has 4 heteroatoms. The lowest BCUT2D eigenvalue weighted by Gasteiger charge is -2.30. The Kier molecular flexibility index (Phi) is 4.99. The largest absolute Gasteiger partial charge is 0.364 e. The third kappa shape index (κ3) is 3.57. The number of thiophene rings is 1. The molecule has 0 bridgehead atoms. The molecule has 1 aromatic heterocycles. The van der Waals surface area contributed by atoms with E-state index in [9.17, 15) is 4.39 Å². The van der Waals surface area contributed by atoms with Crippen LogP contribution in [0.2, 0.25) is 0 Å². The van der Waals surface area contributed by atoms with E-state index in [1.54, 1.807) is 17.4 Å². The van der Waals surface area contributed by atoms with E-state index in [1.807, 2.05) is 6.07 Å². The highest BCUT2D eigenvalue weighted by molar-refractivity contribution is 9.08.